The molecule has 0 aliphatic carbocycles. The number of halogens is 1. The van der Waals surface area contributed by atoms with Crippen molar-refractivity contribution in [2.24, 2.45) is 0 Å². The predicted molar refractivity (Wildman–Crippen MR) is 78.1 cm³/mol. The summed E-state index contributed by atoms with van der Waals surface area (Å²) in [7, 11) is 1.64. The average molecular weight is 267 g/mol. The zero-order chi connectivity index (χ0) is 14.1. The zero-order valence-electron chi connectivity index (χ0n) is 12.3. The summed E-state index contributed by atoms with van der Waals surface area (Å²) in [5.74, 6) is 0.565. The minimum atomic E-state index is -0.202. The second kappa shape index (κ2) is 8.92. The Kier molecular flexibility index (Phi) is 7.49. The summed E-state index contributed by atoms with van der Waals surface area (Å²) in [6.45, 7) is 5.15. The summed E-state index contributed by atoms with van der Waals surface area (Å²) in [5.41, 5.74) is 0.931. The topological polar surface area (TPSA) is 21.3 Å². The van der Waals surface area contributed by atoms with E-state index in [1.807, 2.05) is 0 Å². The van der Waals surface area contributed by atoms with Crippen LogP contribution < -0.4 is 10.1 Å². The lowest BCUT2D eigenvalue weighted by Crippen LogP contribution is -2.21. The van der Waals surface area contributed by atoms with E-state index in [0.717, 1.165) is 30.7 Å². The van der Waals surface area contributed by atoms with Gasteiger partial charge in [0.1, 0.15) is 11.6 Å². The number of hydrogen-bond acceptors (Lipinski definition) is 2. The van der Waals surface area contributed by atoms with Crippen LogP contribution in [0.2, 0.25) is 0 Å². The van der Waals surface area contributed by atoms with Gasteiger partial charge in [0.25, 0.3) is 0 Å². The van der Waals surface area contributed by atoms with Crippen LogP contribution in [0.25, 0.3) is 0 Å². The average Bonchev–Trinajstić information content (AvgIpc) is 2.42. The molecule has 0 aliphatic rings. The number of nitrogens with one attached hydrogen (secondary N) is 1. The molecule has 0 saturated carbocycles. The fraction of sp³-hybridized carbons (Fsp3) is 0.625. The van der Waals surface area contributed by atoms with Crippen LogP contribution in [0.3, 0.4) is 0 Å². The van der Waals surface area contributed by atoms with Crippen molar-refractivity contribution < 1.29 is 9.13 Å². The van der Waals surface area contributed by atoms with Gasteiger partial charge in [0.2, 0.25) is 0 Å². The van der Waals surface area contributed by atoms with Crippen LogP contribution in [0, 0.1) is 5.82 Å². The summed E-state index contributed by atoms with van der Waals surface area (Å²) in [6, 6.07) is 4.92. The minimum Gasteiger partial charge on any atom is -0.496 e. The Bertz CT molecular complexity index is 368. The van der Waals surface area contributed by atoms with Crippen LogP contribution in [0.5, 0.6) is 5.75 Å². The van der Waals surface area contributed by atoms with Gasteiger partial charge in [-0.3, -0.25) is 0 Å². The van der Waals surface area contributed by atoms with E-state index < -0.39 is 0 Å². The van der Waals surface area contributed by atoms with Gasteiger partial charge in [-0.1, -0.05) is 39.5 Å². The molecular weight excluding hydrogens is 241 g/mol. The third kappa shape index (κ3) is 5.19. The molecule has 1 aromatic rings. The Balaban J connectivity index is 2.76. The largest absolute Gasteiger partial charge is 0.496 e. The van der Waals surface area contributed by atoms with E-state index in [2.05, 4.69) is 19.2 Å². The predicted octanol–water partition coefficient (Wildman–Crippen LogP) is 4.46. The summed E-state index contributed by atoms with van der Waals surface area (Å²) in [5, 5.41) is 3.43. The number of benzene rings is 1. The van der Waals surface area contributed by atoms with Crippen LogP contribution >= 0.6 is 0 Å². The molecule has 0 fully saturated rings. The van der Waals surface area contributed by atoms with E-state index in [9.17, 15) is 4.39 Å². The van der Waals surface area contributed by atoms with Gasteiger partial charge in [0.05, 0.1) is 7.11 Å². The number of rotatable bonds is 9. The number of hydrogen-bond donors (Lipinski definition) is 1. The summed E-state index contributed by atoms with van der Waals surface area (Å²) in [6.07, 6.45) is 5.91. The van der Waals surface area contributed by atoms with E-state index in [1.54, 1.807) is 19.2 Å². The smallest absolute Gasteiger partial charge is 0.123 e. The fourth-order valence-corrected chi connectivity index (χ4v) is 2.37. The molecule has 0 bridgehead atoms. The molecule has 1 rings (SSSR count). The van der Waals surface area contributed by atoms with Crippen LogP contribution in [0.1, 0.15) is 57.6 Å². The first kappa shape index (κ1) is 16.0. The van der Waals surface area contributed by atoms with Gasteiger partial charge in [-0.15, -0.1) is 0 Å². The molecule has 0 radical (unpaired) electrons. The Morgan fingerprint density at radius 3 is 2.63 bits per heavy atom. The van der Waals surface area contributed by atoms with Crippen molar-refractivity contribution in [1.82, 2.24) is 5.32 Å². The first-order valence-corrected chi connectivity index (χ1v) is 7.29. The molecule has 1 N–H and O–H groups in total. The number of unbranched alkanes of at least 4 members (excludes halogenated alkanes) is 3. The van der Waals surface area contributed by atoms with Crippen molar-refractivity contribution in [2.45, 2.75) is 52.0 Å². The quantitative estimate of drug-likeness (QED) is 0.667. The van der Waals surface area contributed by atoms with Crippen LogP contribution in [-0.4, -0.2) is 13.7 Å². The molecule has 19 heavy (non-hydrogen) atoms. The standard InChI is InChI=1S/C16H26FNO/c1-4-6-7-8-9-15(18-5-2)14-12-13(17)10-11-16(14)19-3/h10-12,15,18H,4-9H2,1-3H3. The van der Waals surface area contributed by atoms with E-state index >= 15 is 0 Å². The van der Waals surface area contributed by atoms with Crippen molar-refractivity contribution in [3.63, 3.8) is 0 Å². The van der Waals surface area contributed by atoms with Crippen molar-refractivity contribution in [3.05, 3.63) is 29.6 Å². The van der Waals surface area contributed by atoms with Gasteiger partial charge in [0, 0.05) is 11.6 Å². The molecule has 3 heteroatoms. The highest BCUT2D eigenvalue weighted by molar-refractivity contribution is 5.36. The highest BCUT2D eigenvalue weighted by atomic mass is 19.1. The van der Waals surface area contributed by atoms with Gasteiger partial charge in [-0.05, 0) is 31.2 Å². The van der Waals surface area contributed by atoms with E-state index in [-0.39, 0.29) is 11.9 Å². The Labute approximate surface area is 116 Å². The summed E-state index contributed by atoms with van der Waals surface area (Å²) in [4.78, 5) is 0. The Hall–Kier alpha value is -1.09. The molecule has 0 spiro atoms. The van der Waals surface area contributed by atoms with Crippen molar-refractivity contribution >= 4 is 0 Å². The maximum absolute atomic E-state index is 13.4. The molecule has 0 heterocycles. The molecule has 0 saturated heterocycles. The molecule has 0 aliphatic heterocycles. The van der Waals surface area contributed by atoms with E-state index in [4.69, 9.17) is 4.74 Å². The lowest BCUT2D eigenvalue weighted by Gasteiger charge is -2.21. The van der Waals surface area contributed by atoms with Crippen molar-refractivity contribution in [2.75, 3.05) is 13.7 Å². The first-order chi connectivity index (χ1) is 9.22. The number of ether oxygens (including phenoxy) is 1. The normalized spacial score (nSPS) is 12.4. The monoisotopic (exact) mass is 267 g/mol. The molecule has 0 amide bonds. The maximum atomic E-state index is 13.4. The van der Waals surface area contributed by atoms with Crippen molar-refractivity contribution in [1.29, 1.82) is 0 Å². The second-order valence-corrected chi connectivity index (χ2v) is 4.85. The molecule has 1 aromatic carbocycles. The molecule has 108 valence electrons. The maximum Gasteiger partial charge on any atom is 0.123 e. The molecular formula is C16H26FNO. The SMILES string of the molecule is CCCCCCC(NCC)c1cc(F)ccc1OC. The minimum absolute atomic E-state index is 0.174. The Morgan fingerprint density at radius 1 is 1.21 bits per heavy atom. The second-order valence-electron chi connectivity index (χ2n) is 4.85. The number of methoxy groups -OCH3 is 1. The van der Waals surface area contributed by atoms with E-state index in [1.165, 1.54) is 25.3 Å². The highest BCUT2D eigenvalue weighted by Crippen LogP contribution is 2.29. The van der Waals surface area contributed by atoms with Gasteiger partial charge < -0.3 is 10.1 Å². The van der Waals surface area contributed by atoms with Crippen molar-refractivity contribution in [3.8, 4) is 5.75 Å². The third-order valence-corrected chi connectivity index (χ3v) is 3.36. The molecule has 1 unspecified atom stereocenters. The van der Waals surface area contributed by atoms with Crippen LogP contribution in [-0.2, 0) is 0 Å². The van der Waals surface area contributed by atoms with Crippen LogP contribution in [0.4, 0.5) is 4.39 Å². The Morgan fingerprint density at radius 2 is 2.00 bits per heavy atom. The molecule has 2 nitrogen and oxygen atoms in total. The lowest BCUT2D eigenvalue weighted by molar-refractivity contribution is 0.391. The molecule has 0 aromatic heterocycles. The third-order valence-electron chi connectivity index (χ3n) is 3.36. The summed E-state index contributed by atoms with van der Waals surface area (Å²) < 4.78 is 18.8. The first-order valence-electron chi connectivity index (χ1n) is 7.29. The van der Waals surface area contributed by atoms with Gasteiger partial charge >= 0.3 is 0 Å². The van der Waals surface area contributed by atoms with Crippen LogP contribution in [0.15, 0.2) is 18.2 Å². The fourth-order valence-electron chi connectivity index (χ4n) is 2.37. The van der Waals surface area contributed by atoms with E-state index in [0.29, 0.717) is 0 Å². The lowest BCUT2D eigenvalue weighted by atomic mass is 9.99. The van der Waals surface area contributed by atoms with Gasteiger partial charge in [-0.2, -0.15) is 0 Å². The zero-order valence-corrected chi connectivity index (χ0v) is 12.3. The summed E-state index contributed by atoms with van der Waals surface area (Å²) >= 11 is 0. The highest BCUT2D eigenvalue weighted by Gasteiger charge is 2.15. The van der Waals surface area contributed by atoms with Gasteiger partial charge in [0.15, 0.2) is 0 Å². The van der Waals surface area contributed by atoms with Gasteiger partial charge in [-0.25, -0.2) is 4.39 Å². The molecule has 1 atom stereocenters.